The number of nitrogens with zero attached hydrogens (tertiary/aromatic N) is 2. The molecule has 7 heteroatoms. The van der Waals surface area contributed by atoms with Gasteiger partial charge in [0.2, 0.25) is 0 Å². The minimum atomic E-state index is 0.323. The maximum atomic E-state index is 6.10. The summed E-state index contributed by atoms with van der Waals surface area (Å²) >= 11 is 6.10. The van der Waals surface area contributed by atoms with E-state index in [0.29, 0.717) is 35.7 Å². The van der Waals surface area contributed by atoms with Crippen molar-refractivity contribution in [3.05, 3.63) is 41.2 Å². The highest BCUT2D eigenvalue weighted by Gasteiger charge is 2.06. The first-order valence-corrected chi connectivity index (χ1v) is 6.54. The van der Waals surface area contributed by atoms with Crippen LogP contribution in [-0.2, 0) is 11.3 Å². The van der Waals surface area contributed by atoms with E-state index in [1.807, 2.05) is 25.1 Å². The van der Waals surface area contributed by atoms with Crippen molar-refractivity contribution < 1.29 is 4.74 Å². The Hall–Kier alpha value is -1.89. The van der Waals surface area contributed by atoms with Crippen molar-refractivity contribution in [3.8, 4) is 0 Å². The highest BCUT2D eigenvalue weighted by atomic mass is 35.5. The molecule has 106 valence electrons. The van der Waals surface area contributed by atoms with Crippen molar-refractivity contribution in [3.63, 3.8) is 0 Å². The van der Waals surface area contributed by atoms with Gasteiger partial charge in [-0.05, 0) is 19.1 Å². The van der Waals surface area contributed by atoms with Crippen LogP contribution in [0.15, 0.2) is 30.3 Å². The Morgan fingerprint density at radius 2 is 2.00 bits per heavy atom. The van der Waals surface area contributed by atoms with E-state index in [1.165, 1.54) is 0 Å². The molecule has 1 aromatic carbocycles. The lowest BCUT2D eigenvalue weighted by molar-refractivity contribution is 0.128. The van der Waals surface area contributed by atoms with Crippen LogP contribution in [0.25, 0.3) is 0 Å². The van der Waals surface area contributed by atoms with Crippen LogP contribution in [0.4, 0.5) is 17.3 Å². The van der Waals surface area contributed by atoms with Crippen molar-refractivity contribution in [2.75, 3.05) is 17.3 Å². The Labute approximate surface area is 122 Å². The molecule has 0 aliphatic heterocycles. The Bertz CT molecular complexity index is 578. The predicted molar refractivity (Wildman–Crippen MR) is 79.9 cm³/mol. The van der Waals surface area contributed by atoms with Crippen molar-refractivity contribution in [2.24, 2.45) is 5.84 Å². The fraction of sp³-hybridized carbons (Fsp3) is 0.231. The first-order chi connectivity index (χ1) is 9.72. The van der Waals surface area contributed by atoms with Gasteiger partial charge in [-0.3, -0.25) is 0 Å². The van der Waals surface area contributed by atoms with Crippen LogP contribution < -0.4 is 16.6 Å². The number of nitrogens with one attached hydrogen (secondary N) is 2. The molecule has 2 rings (SSSR count). The molecule has 0 saturated heterocycles. The van der Waals surface area contributed by atoms with E-state index in [1.54, 1.807) is 12.1 Å². The van der Waals surface area contributed by atoms with Crippen molar-refractivity contribution in [2.45, 2.75) is 13.5 Å². The molecule has 0 unspecified atom stereocenters. The summed E-state index contributed by atoms with van der Waals surface area (Å²) in [6.45, 7) is 2.83. The summed E-state index contributed by atoms with van der Waals surface area (Å²) in [6, 6.07) is 9.11. The van der Waals surface area contributed by atoms with Crippen LogP contribution in [0.5, 0.6) is 0 Å². The number of anilines is 3. The second kappa shape index (κ2) is 7.04. The van der Waals surface area contributed by atoms with Gasteiger partial charge in [0.1, 0.15) is 18.2 Å². The first kappa shape index (κ1) is 14.5. The van der Waals surface area contributed by atoms with Gasteiger partial charge in [-0.25, -0.2) is 15.8 Å². The van der Waals surface area contributed by atoms with Crippen LogP contribution >= 0.6 is 11.6 Å². The Morgan fingerprint density at radius 1 is 1.25 bits per heavy atom. The summed E-state index contributed by atoms with van der Waals surface area (Å²) in [5.41, 5.74) is 3.27. The van der Waals surface area contributed by atoms with E-state index in [4.69, 9.17) is 22.2 Å². The summed E-state index contributed by atoms with van der Waals surface area (Å²) in [4.78, 5) is 8.56. The molecular formula is C13H16ClN5O. The van der Waals surface area contributed by atoms with E-state index in [2.05, 4.69) is 20.7 Å². The standard InChI is InChI=1S/C13H16ClN5O/c1-2-20-8-13-17-11(7-12(18-13)19-15)16-10-6-4-3-5-9(10)14/h3-7H,2,8,15H2,1H3,(H2,16,17,18,19). The van der Waals surface area contributed by atoms with Gasteiger partial charge in [0.05, 0.1) is 10.7 Å². The number of halogens is 1. The van der Waals surface area contributed by atoms with Gasteiger partial charge in [0.25, 0.3) is 0 Å². The number of hydrogen-bond donors (Lipinski definition) is 3. The minimum absolute atomic E-state index is 0.323. The molecule has 6 nitrogen and oxygen atoms in total. The molecule has 0 amide bonds. The number of ether oxygens (including phenoxy) is 1. The van der Waals surface area contributed by atoms with Crippen molar-refractivity contribution in [1.82, 2.24) is 9.97 Å². The maximum absolute atomic E-state index is 6.10. The van der Waals surface area contributed by atoms with Crippen molar-refractivity contribution in [1.29, 1.82) is 0 Å². The molecule has 0 aliphatic rings. The minimum Gasteiger partial charge on any atom is -0.374 e. The summed E-state index contributed by atoms with van der Waals surface area (Å²) < 4.78 is 5.30. The van der Waals surface area contributed by atoms with Crippen LogP contribution in [-0.4, -0.2) is 16.6 Å². The molecule has 4 N–H and O–H groups in total. The lowest BCUT2D eigenvalue weighted by atomic mass is 10.3. The topological polar surface area (TPSA) is 85.1 Å². The summed E-state index contributed by atoms with van der Waals surface area (Å²) in [5, 5.41) is 3.74. The van der Waals surface area contributed by atoms with E-state index in [9.17, 15) is 0 Å². The second-order valence-corrected chi connectivity index (χ2v) is 4.35. The van der Waals surface area contributed by atoms with Crippen LogP contribution in [0.3, 0.4) is 0 Å². The second-order valence-electron chi connectivity index (χ2n) is 3.94. The van der Waals surface area contributed by atoms with Gasteiger partial charge >= 0.3 is 0 Å². The number of nitrogens with two attached hydrogens (primary N) is 1. The first-order valence-electron chi connectivity index (χ1n) is 6.16. The molecule has 0 bridgehead atoms. The Balaban J connectivity index is 2.24. The zero-order chi connectivity index (χ0) is 14.4. The smallest absolute Gasteiger partial charge is 0.158 e. The lowest BCUT2D eigenvalue weighted by Gasteiger charge is -2.10. The Morgan fingerprint density at radius 3 is 2.70 bits per heavy atom. The molecule has 1 aromatic heterocycles. The van der Waals surface area contributed by atoms with Crippen LogP contribution in [0, 0.1) is 0 Å². The normalized spacial score (nSPS) is 10.3. The number of nitrogen functional groups attached to an aromatic ring is 1. The van der Waals surface area contributed by atoms with Gasteiger partial charge in [0.15, 0.2) is 5.82 Å². The zero-order valence-corrected chi connectivity index (χ0v) is 11.8. The van der Waals surface area contributed by atoms with Gasteiger partial charge in [0, 0.05) is 12.7 Å². The number of hydrazine groups is 1. The molecule has 2 aromatic rings. The third-order valence-corrected chi connectivity index (χ3v) is 2.82. The fourth-order valence-electron chi connectivity index (χ4n) is 1.59. The third-order valence-electron chi connectivity index (χ3n) is 2.49. The van der Waals surface area contributed by atoms with Crippen LogP contribution in [0.1, 0.15) is 12.7 Å². The maximum Gasteiger partial charge on any atom is 0.158 e. The molecule has 20 heavy (non-hydrogen) atoms. The van der Waals surface area contributed by atoms with Gasteiger partial charge in [-0.2, -0.15) is 0 Å². The van der Waals surface area contributed by atoms with E-state index in [-0.39, 0.29) is 0 Å². The summed E-state index contributed by atoms with van der Waals surface area (Å²) in [6.07, 6.45) is 0. The number of hydrogen-bond acceptors (Lipinski definition) is 6. The molecule has 0 spiro atoms. The number of para-hydroxylation sites is 1. The van der Waals surface area contributed by atoms with Gasteiger partial charge in [-0.15, -0.1) is 0 Å². The SMILES string of the molecule is CCOCc1nc(NN)cc(Nc2ccccc2Cl)n1. The molecule has 0 fully saturated rings. The molecule has 0 atom stereocenters. The number of aromatic nitrogens is 2. The third kappa shape index (κ3) is 3.80. The van der Waals surface area contributed by atoms with E-state index < -0.39 is 0 Å². The summed E-state index contributed by atoms with van der Waals surface area (Å²) in [5.74, 6) is 7.04. The lowest BCUT2D eigenvalue weighted by Crippen LogP contribution is -2.12. The molecular weight excluding hydrogens is 278 g/mol. The number of rotatable bonds is 6. The molecule has 0 saturated carbocycles. The monoisotopic (exact) mass is 293 g/mol. The quantitative estimate of drug-likeness (QED) is 0.561. The van der Waals surface area contributed by atoms with E-state index in [0.717, 1.165) is 5.69 Å². The van der Waals surface area contributed by atoms with Gasteiger partial charge < -0.3 is 15.5 Å². The predicted octanol–water partition coefficient (Wildman–Crippen LogP) is 2.70. The summed E-state index contributed by atoms with van der Waals surface area (Å²) in [7, 11) is 0. The Kier molecular flexibility index (Phi) is 5.11. The molecule has 0 aliphatic carbocycles. The highest BCUT2D eigenvalue weighted by Crippen LogP contribution is 2.24. The molecule has 1 heterocycles. The fourth-order valence-corrected chi connectivity index (χ4v) is 1.78. The molecule has 0 radical (unpaired) electrons. The average Bonchev–Trinajstić information content (AvgIpc) is 2.47. The highest BCUT2D eigenvalue weighted by molar-refractivity contribution is 6.33. The largest absolute Gasteiger partial charge is 0.374 e. The van der Waals surface area contributed by atoms with Gasteiger partial charge in [-0.1, -0.05) is 23.7 Å². The van der Waals surface area contributed by atoms with Crippen molar-refractivity contribution >= 4 is 28.9 Å². The van der Waals surface area contributed by atoms with E-state index >= 15 is 0 Å². The van der Waals surface area contributed by atoms with Crippen LogP contribution in [0.2, 0.25) is 5.02 Å². The average molecular weight is 294 g/mol. The number of benzene rings is 1. The zero-order valence-electron chi connectivity index (χ0n) is 11.1.